The lowest BCUT2D eigenvalue weighted by Gasteiger charge is -2.18. The van der Waals surface area contributed by atoms with Crippen LogP contribution in [0, 0.1) is 18.3 Å². The topological polar surface area (TPSA) is 214 Å². The van der Waals surface area contributed by atoms with Crippen molar-refractivity contribution >= 4 is 52.4 Å². The minimum absolute atomic E-state index is 0.0749. The normalized spacial score (nSPS) is 14.6. The SMILES string of the molecule is CC(C)c1ccc2c(c1)CC(=O)CO2.CC(C)c1ccc2c(n1)CC(=O)CO2.CC(C)c1ccc2c(n1)CC(=O)CS2.CC(C)c1cnc2c(c1)CC(=O)CS2.CC(C)c1ncc2c(n1)CC(=O)CO2.Cc1ncc(C(C)C)cc1C#N. The first-order valence-electron chi connectivity index (χ1n) is 28.0. The molecular weight excluding hydrogens is 1070 g/mol. The number of carbonyl (C=O) groups excluding carboxylic acids is 5. The van der Waals surface area contributed by atoms with Crippen molar-refractivity contribution in [3.8, 4) is 23.3 Å². The Bertz CT molecular complexity index is 2890. The third-order valence-corrected chi connectivity index (χ3v) is 15.8. The third-order valence-electron chi connectivity index (χ3n) is 13.5. The number of ether oxygens (including phenoxy) is 3. The van der Waals surface area contributed by atoms with Crippen molar-refractivity contribution in [2.24, 2.45) is 0 Å². The van der Waals surface area contributed by atoms with Crippen molar-refractivity contribution in [2.45, 2.75) is 168 Å². The fourth-order valence-corrected chi connectivity index (χ4v) is 10.2. The van der Waals surface area contributed by atoms with Crippen LogP contribution in [-0.4, -0.2) is 90.1 Å². The van der Waals surface area contributed by atoms with Gasteiger partial charge in [-0.2, -0.15) is 5.26 Å². The molecule has 0 bridgehead atoms. The minimum Gasteiger partial charge on any atom is -0.486 e. The Labute approximate surface area is 492 Å². The van der Waals surface area contributed by atoms with Crippen LogP contribution < -0.4 is 14.2 Å². The van der Waals surface area contributed by atoms with Gasteiger partial charge in [-0.05, 0) is 95.2 Å². The molecular formula is C65H77N7O8S2. The predicted molar refractivity (Wildman–Crippen MR) is 321 cm³/mol. The number of fused-ring (bicyclic) bond motifs is 5. The largest absolute Gasteiger partial charge is 0.486 e. The average molecular weight is 1150 g/mol. The zero-order valence-electron chi connectivity index (χ0n) is 49.7. The molecule has 82 heavy (non-hydrogen) atoms. The number of nitrogens with zero attached hydrogens (tertiary/aromatic N) is 7. The van der Waals surface area contributed by atoms with E-state index in [1.165, 1.54) is 16.0 Å². The van der Waals surface area contributed by atoms with E-state index in [9.17, 15) is 24.0 Å². The summed E-state index contributed by atoms with van der Waals surface area (Å²) in [6, 6.07) is 20.3. The molecule has 17 heteroatoms. The summed E-state index contributed by atoms with van der Waals surface area (Å²) in [4.78, 5) is 83.1. The molecule has 15 nitrogen and oxygen atoms in total. The van der Waals surface area contributed by atoms with E-state index in [0.717, 1.165) is 73.2 Å². The Morgan fingerprint density at radius 2 is 0.963 bits per heavy atom. The summed E-state index contributed by atoms with van der Waals surface area (Å²) >= 11 is 3.16. The van der Waals surface area contributed by atoms with E-state index in [1.807, 2.05) is 57.4 Å². The van der Waals surface area contributed by atoms with Crippen LogP contribution in [0.2, 0.25) is 0 Å². The van der Waals surface area contributed by atoms with Gasteiger partial charge in [-0.15, -0.1) is 11.8 Å². The van der Waals surface area contributed by atoms with Gasteiger partial charge < -0.3 is 14.2 Å². The smallest absolute Gasteiger partial charge is 0.176 e. The quantitative estimate of drug-likeness (QED) is 0.152. The number of carbonyl (C=O) groups is 5. The van der Waals surface area contributed by atoms with E-state index in [2.05, 4.69) is 136 Å². The fourth-order valence-electron chi connectivity index (χ4n) is 8.44. The first kappa shape index (κ1) is 64.0. The van der Waals surface area contributed by atoms with Gasteiger partial charge in [-0.3, -0.25) is 38.9 Å². The summed E-state index contributed by atoms with van der Waals surface area (Å²) in [5, 5.41) is 9.77. The van der Waals surface area contributed by atoms with Crippen LogP contribution in [0.4, 0.5) is 0 Å². The second-order valence-corrected chi connectivity index (χ2v) is 24.4. The molecule has 0 unspecified atom stereocenters. The van der Waals surface area contributed by atoms with Gasteiger partial charge in [0, 0.05) is 53.0 Å². The number of aryl methyl sites for hydroxylation is 1. The highest BCUT2D eigenvalue weighted by atomic mass is 32.2. The van der Waals surface area contributed by atoms with Crippen molar-refractivity contribution in [1.29, 1.82) is 5.26 Å². The van der Waals surface area contributed by atoms with Crippen molar-refractivity contribution < 1.29 is 38.2 Å². The van der Waals surface area contributed by atoms with Crippen LogP contribution in [0.5, 0.6) is 17.2 Å². The molecule has 1 aromatic carbocycles. The molecule has 0 N–H and O–H groups in total. The zero-order chi connectivity index (χ0) is 59.8. The van der Waals surface area contributed by atoms with Gasteiger partial charge >= 0.3 is 0 Å². The van der Waals surface area contributed by atoms with Crippen LogP contribution in [0.1, 0.15) is 192 Å². The summed E-state index contributed by atoms with van der Waals surface area (Å²) in [7, 11) is 0. The van der Waals surface area contributed by atoms with Crippen molar-refractivity contribution in [2.75, 3.05) is 31.3 Å². The molecule has 0 fully saturated rings. The van der Waals surface area contributed by atoms with Gasteiger partial charge in [-0.1, -0.05) is 113 Å². The van der Waals surface area contributed by atoms with E-state index >= 15 is 0 Å². The Hall–Kier alpha value is -7.16. The Balaban J connectivity index is 0.000000158. The predicted octanol–water partition coefficient (Wildman–Crippen LogP) is 12.4. The molecule has 0 spiro atoms. The average Bonchev–Trinajstić information content (AvgIpc) is 3.55. The van der Waals surface area contributed by atoms with E-state index < -0.39 is 0 Å². The van der Waals surface area contributed by atoms with Crippen molar-refractivity contribution in [1.82, 2.24) is 29.9 Å². The number of Topliss-reactive ketones (excluding diaryl/α,β-unsaturated/α-hetero) is 5. The maximum absolute atomic E-state index is 11.3. The molecule has 5 aliphatic rings. The number of thioether (sulfide) groups is 2. The molecule has 0 saturated carbocycles. The van der Waals surface area contributed by atoms with Gasteiger partial charge in [-0.25, -0.2) is 15.0 Å². The lowest BCUT2D eigenvalue weighted by molar-refractivity contribution is -0.122. The number of hydrogen-bond donors (Lipinski definition) is 0. The van der Waals surface area contributed by atoms with Crippen LogP contribution in [-0.2, 0) is 56.1 Å². The van der Waals surface area contributed by atoms with E-state index in [1.54, 1.807) is 29.7 Å². The van der Waals surface area contributed by atoms with Gasteiger partial charge in [0.25, 0.3) is 0 Å². The summed E-state index contributed by atoms with van der Waals surface area (Å²) in [5.74, 6) is 7.68. The van der Waals surface area contributed by atoms with Gasteiger partial charge in [0.1, 0.15) is 59.8 Å². The Morgan fingerprint density at radius 1 is 0.463 bits per heavy atom. The molecule has 432 valence electrons. The maximum Gasteiger partial charge on any atom is 0.176 e. The molecule has 6 aromatic rings. The Kier molecular flexibility index (Phi) is 23.6. The number of hydrogen-bond acceptors (Lipinski definition) is 17. The van der Waals surface area contributed by atoms with Crippen LogP contribution in [0.15, 0.2) is 83.1 Å². The number of benzene rings is 1. The standard InChI is InChI=1S/C12H14O2.C11H13NO2.2C11H13NOS.C10H12N2O2.C10H12N2/c1-8(2)9-3-4-12-10(5-9)6-11(13)7-14-12;1-7(2)9-3-4-11-10(12-9)5-8(13)6-14-11;1-7(2)9-3-8-4-10(13)6-14-11(8)12-5-9;1-7(2)9-3-4-11-10(12-9)5-8(13)6-14-11;1-6(2)10-11-4-9-8(12-10)3-7(13)5-14-9;1-7(2)10-4-9(5-11)8(3)12-6-10/h3-5,8H,6-7H2,1-2H3;3-4,7H,5-6H2,1-2H3;3,5,7H,4,6H2,1-2H3;3-4,7H,5-6H2,1-2H3;4,6H,3,5H2,1-2H3;4,6-7H,1-3H3. The first-order chi connectivity index (χ1) is 39.0. The molecule has 10 heterocycles. The highest BCUT2D eigenvalue weighted by Crippen LogP contribution is 2.31. The van der Waals surface area contributed by atoms with E-state index in [4.69, 9.17) is 19.5 Å². The summed E-state index contributed by atoms with van der Waals surface area (Å²) in [6.07, 6.45) is 7.80. The molecule has 0 saturated heterocycles. The van der Waals surface area contributed by atoms with Gasteiger partial charge in [0.15, 0.2) is 23.1 Å². The Morgan fingerprint density at radius 3 is 1.59 bits per heavy atom. The first-order valence-corrected chi connectivity index (χ1v) is 30.0. The second-order valence-electron chi connectivity index (χ2n) is 22.5. The molecule has 11 rings (SSSR count). The second kappa shape index (κ2) is 30.2. The summed E-state index contributed by atoms with van der Waals surface area (Å²) in [6.45, 7) is 27.6. The monoisotopic (exact) mass is 1150 g/mol. The number of aromatic nitrogens is 6. The highest BCUT2D eigenvalue weighted by molar-refractivity contribution is 8.00. The number of rotatable bonds is 6. The molecule has 5 aromatic heterocycles. The van der Waals surface area contributed by atoms with Gasteiger partial charge in [0.2, 0.25) is 0 Å². The highest BCUT2D eigenvalue weighted by Gasteiger charge is 2.23. The molecule has 0 atom stereocenters. The van der Waals surface area contributed by atoms with Gasteiger partial charge in [0.05, 0.1) is 65.3 Å². The van der Waals surface area contributed by atoms with Crippen LogP contribution in [0.25, 0.3) is 0 Å². The van der Waals surface area contributed by atoms with E-state index in [0.29, 0.717) is 90.3 Å². The van der Waals surface area contributed by atoms with E-state index in [-0.39, 0.29) is 48.9 Å². The molecule has 0 amide bonds. The number of ketones is 5. The fraction of sp³-hybridized carbons (Fsp3) is 0.446. The van der Waals surface area contributed by atoms with Crippen LogP contribution in [0.3, 0.4) is 0 Å². The summed E-state index contributed by atoms with van der Waals surface area (Å²) < 4.78 is 15.8. The maximum atomic E-state index is 11.3. The third kappa shape index (κ3) is 18.7. The number of nitriles is 1. The summed E-state index contributed by atoms with van der Waals surface area (Å²) in [5.41, 5.74) is 11.8. The molecule has 5 aliphatic heterocycles. The zero-order valence-corrected chi connectivity index (χ0v) is 51.3. The van der Waals surface area contributed by atoms with Crippen LogP contribution >= 0.6 is 23.5 Å². The van der Waals surface area contributed by atoms with Crippen molar-refractivity contribution in [3.63, 3.8) is 0 Å². The van der Waals surface area contributed by atoms with Crippen molar-refractivity contribution in [3.05, 3.63) is 147 Å². The molecule has 0 radical (unpaired) electrons. The lowest BCUT2D eigenvalue weighted by atomic mass is 9.97. The number of pyridine rings is 4. The minimum atomic E-state index is 0.0749. The molecule has 0 aliphatic carbocycles. The lowest BCUT2D eigenvalue weighted by Crippen LogP contribution is -2.22.